The average Bonchev–Trinajstić information content (AvgIpc) is 2.42. The van der Waals surface area contributed by atoms with E-state index in [4.69, 9.17) is 11.5 Å². The number of nitrogens with two attached hydrogens (primary N) is 2. The van der Waals surface area contributed by atoms with Crippen LogP contribution in [0.5, 0.6) is 0 Å². The van der Waals surface area contributed by atoms with E-state index in [2.05, 4.69) is 17.4 Å². The van der Waals surface area contributed by atoms with Crippen LogP contribution < -0.4 is 16.8 Å². The smallest absolute Gasteiger partial charge is 0.0550 e. The van der Waals surface area contributed by atoms with Gasteiger partial charge in [0.1, 0.15) is 0 Å². The molecular formula is C11H15N3. The number of anilines is 2. The van der Waals surface area contributed by atoms with Gasteiger partial charge in [-0.25, -0.2) is 0 Å². The van der Waals surface area contributed by atoms with Gasteiger partial charge in [0.15, 0.2) is 0 Å². The number of piperidine rings is 1. The molecule has 3 nitrogen and oxygen atoms in total. The number of nitrogens with one attached hydrogen (secondary N) is 1. The summed E-state index contributed by atoms with van der Waals surface area (Å²) < 4.78 is 0. The maximum Gasteiger partial charge on any atom is 0.0550 e. The molecule has 1 aliphatic heterocycles. The summed E-state index contributed by atoms with van der Waals surface area (Å²) in [6, 6.07) is 4.14. The minimum Gasteiger partial charge on any atom is -0.397 e. The second kappa shape index (κ2) is 2.64. The number of hydrogen-bond donors (Lipinski definition) is 3. The van der Waals surface area contributed by atoms with Crippen LogP contribution in [0.25, 0.3) is 0 Å². The molecule has 2 aliphatic rings. The summed E-state index contributed by atoms with van der Waals surface area (Å²) in [5.74, 6) is 1.32. The van der Waals surface area contributed by atoms with Gasteiger partial charge in [-0.1, -0.05) is 0 Å². The zero-order valence-electron chi connectivity index (χ0n) is 8.09. The van der Waals surface area contributed by atoms with Crippen LogP contribution in [0.15, 0.2) is 12.1 Å². The fraction of sp³-hybridized carbons (Fsp3) is 0.455. The van der Waals surface area contributed by atoms with Gasteiger partial charge < -0.3 is 16.8 Å². The van der Waals surface area contributed by atoms with Crippen molar-refractivity contribution >= 4 is 11.4 Å². The predicted octanol–water partition coefficient (Wildman–Crippen LogP) is 1.03. The van der Waals surface area contributed by atoms with Crippen LogP contribution in [0, 0.1) is 0 Å². The van der Waals surface area contributed by atoms with Gasteiger partial charge in [-0.2, -0.15) is 0 Å². The molecule has 1 aromatic carbocycles. The molecule has 5 N–H and O–H groups in total. The molecule has 0 radical (unpaired) electrons. The summed E-state index contributed by atoms with van der Waals surface area (Å²) >= 11 is 0. The van der Waals surface area contributed by atoms with Gasteiger partial charge >= 0.3 is 0 Å². The predicted molar refractivity (Wildman–Crippen MR) is 58.2 cm³/mol. The lowest BCUT2D eigenvalue weighted by molar-refractivity contribution is 0.454. The van der Waals surface area contributed by atoms with E-state index < -0.39 is 0 Å². The van der Waals surface area contributed by atoms with Crippen LogP contribution in [-0.2, 0) is 0 Å². The second-order valence-corrected chi connectivity index (χ2v) is 4.40. The van der Waals surface area contributed by atoms with E-state index in [1.165, 1.54) is 17.5 Å². The fourth-order valence-corrected chi connectivity index (χ4v) is 2.79. The zero-order valence-corrected chi connectivity index (χ0v) is 8.09. The Bertz CT molecular complexity index is 351. The molecule has 2 unspecified atom stereocenters. The molecule has 3 rings (SSSR count). The van der Waals surface area contributed by atoms with E-state index in [0.717, 1.165) is 24.5 Å². The normalized spacial score (nSPS) is 28.9. The minimum atomic E-state index is 0.659. The Morgan fingerprint density at radius 3 is 2.00 bits per heavy atom. The number of benzene rings is 1. The second-order valence-electron chi connectivity index (χ2n) is 4.40. The van der Waals surface area contributed by atoms with E-state index in [1.54, 1.807) is 0 Å². The van der Waals surface area contributed by atoms with E-state index in [-0.39, 0.29) is 0 Å². The van der Waals surface area contributed by atoms with Crippen molar-refractivity contribution in [3.05, 3.63) is 23.3 Å². The lowest BCUT2D eigenvalue weighted by Gasteiger charge is -2.19. The molecule has 1 aromatic rings. The van der Waals surface area contributed by atoms with Crippen LogP contribution in [0.3, 0.4) is 0 Å². The molecule has 0 spiro atoms. The minimum absolute atomic E-state index is 0.659. The summed E-state index contributed by atoms with van der Waals surface area (Å²) in [5, 5.41) is 3.45. The maximum atomic E-state index is 5.83. The van der Waals surface area contributed by atoms with Crippen molar-refractivity contribution in [3.63, 3.8) is 0 Å². The molecule has 0 aromatic heterocycles. The molecule has 1 saturated heterocycles. The summed E-state index contributed by atoms with van der Waals surface area (Å²) in [6.45, 7) is 2.18. The zero-order chi connectivity index (χ0) is 9.71. The number of nitrogen functional groups attached to an aromatic ring is 2. The van der Waals surface area contributed by atoms with Crippen LogP contribution in [0.2, 0.25) is 0 Å². The van der Waals surface area contributed by atoms with Crippen molar-refractivity contribution in [2.75, 3.05) is 24.6 Å². The molecule has 3 heteroatoms. The monoisotopic (exact) mass is 189 g/mol. The molecule has 2 atom stereocenters. The summed E-state index contributed by atoms with van der Waals surface area (Å²) in [6.07, 6.45) is 1.27. The first-order chi connectivity index (χ1) is 6.75. The Labute approximate surface area is 83.5 Å². The SMILES string of the molecule is Nc1cc2c(cc1N)C1CNCC2C1. The van der Waals surface area contributed by atoms with Crippen molar-refractivity contribution < 1.29 is 0 Å². The molecule has 1 fully saturated rings. The molecule has 0 amide bonds. The number of hydrogen-bond acceptors (Lipinski definition) is 3. The van der Waals surface area contributed by atoms with Crippen LogP contribution >= 0.6 is 0 Å². The molecule has 1 heterocycles. The highest BCUT2D eigenvalue weighted by atomic mass is 14.9. The lowest BCUT2D eigenvalue weighted by Crippen LogP contribution is -2.28. The van der Waals surface area contributed by atoms with E-state index in [9.17, 15) is 0 Å². The highest BCUT2D eigenvalue weighted by Crippen LogP contribution is 2.45. The Hall–Kier alpha value is -1.22. The quantitative estimate of drug-likeness (QED) is 0.534. The van der Waals surface area contributed by atoms with Gasteiger partial charge in [-0.3, -0.25) is 0 Å². The highest BCUT2D eigenvalue weighted by Gasteiger charge is 2.34. The first-order valence-electron chi connectivity index (χ1n) is 5.15. The van der Waals surface area contributed by atoms with E-state index in [0.29, 0.717) is 11.8 Å². The molecule has 14 heavy (non-hydrogen) atoms. The summed E-state index contributed by atoms with van der Waals surface area (Å²) in [4.78, 5) is 0. The Balaban J connectivity index is 2.17. The van der Waals surface area contributed by atoms with Gasteiger partial charge in [0.05, 0.1) is 11.4 Å². The van der Waals surface area contributed by atoms with Crippen LogP contribution in [0.4, 0.5) is 11.4 Å². The van der Waals surface area contributed by atoms with Crippen LogP contribution in [0.1, 0.15) is 29.4 Å². The summed E-state index contributed by atoms with van der Waals surface area (Å²) in [7, 11) is 0. The van der Waals surface area contributed by atoms with Gasteiger partial charge in [0.2, 0.25) is 0 Å². The van der Waals surface area contributed by atoms with Gasteiger partial charge in [-0.05, 0) is 41.5 Å². The standard InChI is InChI=1S/C11H15N3/c12-10-2-8-6-1-7(5-14-4-6)9(8)3-11(10)13/h2-3,6-7,14H,1,4-5,12-13H2. The molecule has 0 saturated carbocycles. The third-order valence-electron chi connectivity index (χ3n) is 3.52. The molecule has 1 aliphatic carbocycles. The molecule has 74 valence electrons. The third-order valence-corrected chi connectivity index (χ3v) is 3.52. The number of rotatable bonds is 0. The fourth-order valence-electron chi connectivity index (χ4n) is 2.79. The van der Waals surface area contributed by atoms with Gasteiger partial charge in [0.25, 0.3) is 0 Å². The average molecular weight is 189 g/mol. The van der Waals surface area contributed by atoms with Gasteiger partial charge in [-0.15, -0.1) is 0 Å². The molecule has 2 bridgehead atoms. The Morgan fingerprint density at radius 2 is 1.50 bits per heavy atom. The van der Waals surface area contributed by atoms with Crippen molar-refractivity contribution in [2.45, 2.75) is 18.3 Å². The maximum absolute atomic E-state index is 5.83. The van der Waals surface area contributed by atoms with Crippen molar-refractivity contribution in [2.24, 2.45) is 0 Å². The Kier molecular flexibility index (Phi) is 1.53. The van der Waals surface area contributed by atoms with Crippen molar-refractivity contribution in [1.82, 2.24) is 5.32 Å². The highest BCUT2D eigenvalue weighted by molar-refractivity contribution is 5.68. The topological polar surface area (TPSA) is 64.1 Å². The number of fused-ring (bicyclic) bond motifs is 5. The molecular weight excluding hydrogens is 174 g/mol. The van der Waals surface area contributed by atoms with E-state index in [1.807, 2.05) is 0 Å². The van der Waals surface area contributed by atoms with Crippen molar-refractivity contribution in [1.29, 1.82) is 0 Å². The Morgan fingerprint density at radius 1 is 1.00 bits per heavy atom. The summed E-state index contributed by atoms with van der Waals surface area (Å²) in [5.41, 5.74) is 16.0. The van der Waals surface area contributed by atoms with E-state index >= 15 is 0 Å². The van der Waals surface area contributed by atoms with Crippen LogP contribution in [-0.4, -0.2) is 13.1 Å². The lowest BCUT2D eigenvalue weighted by atomic mass is 9.98. The van der Waals surface area contributed by atoms with Crippen molar-refractivity contribution in [3.8, 4) is 0 Å². The first-order valence-corrected chi connectivity index (χ1v) is 5.15. The first kappa shape index (κ1) is 8.12. The largest absolute Gasteiger partial charge is 0.397 e. The third kappa shape index (κ3) is 0.960. The van der Waals surface area contributed by atoms with Gasteiger partial charge in [0, 0.05) is 13.1 Å².